The molecule has 2 aromatic heterocycles. The van der Waals surface area contributed by atoms with Crippen LogP contribution in [-0.4, -0.2) is 44.3 Å². The van der Waals surface area contributed by atoms with Crippen LogP contribution in [0.1, 0.15) is 70.6 Å². The Balaban J connectivity index is 0.000000294. The summed E-state index contributed by atoms with van der Waals surface area (Å²) in [5.74, 6) is -0.586. The lowest BCUT2D eigenvalue weighted by atomic mass is 10.1. The van der Waals surface area contributed by atoms with Crippen molar-refractivity contribution in [1.82, 2.24) is 14.5 Å². The molecule has 39 heavy (non-hydrogen) atoms. The fourth-order valence-corrected chi connectivity index (χ4v) is 4.25. The smallest absolute Gasteiger partial charge is 0.338 e. The number of carbonyl (C=O) groups is 2. The SMILES string of the molecule is CC.Cc1ccc(C(=O)O)cc1.Cc1ccc(C(=O)OCC2CCC(n3ccc4c(Cl)nc(C)nc43)O2)cc1. The van der Waals surface area contributed by atoms with E-state index in [-0.39, 0.29) is 24.9 Å². The Hall–Kier alpha value is -3.75. The lowest BCUT2D eigenvalue weighted by Crippen LogP contribution is -2.19. The molecule has 206 valence electrons. The van der Waals surface area contributed by atoms with Crippen molar-refractivity contribution in [2.75, 3.05) is 6.61 Å². The summed E-state index contributed by atoms with van der Waals surface area (Å²) in [5.41, 5.74) is 3.82. The van der Waals surface area contributed by atoms with Crippen LogP contribution in [0.4, 0.5) is 0 Å². The third-order valence-electron chi connectivity index (χ3n) is 6.02. The first kappa shape index (κ1) is 29.8. The zero-order valence-electron chi connectivity index (χ0n) is 22.8. The second-order valence-electron chi connectivity index (χ2n) is 8.95. The number of carboxylic acids is 1. The number of aryl methyl sites for hydroxylation is 3. The average molecular weight is 552 g/mol. The molecule has 4 aromatic rings. The number of rotatable bonds is 5. The Morgan fingerprint density at radius 1 is 0.949 bits per heavy atom. The van der Waals surface area contributed by atoms with Gasteiger partial charge in [0.2, 0.25) is 0 Å². The number of carbonyl (C=O) groups excluding carboxylic acids is 1. The maximum absolute atomic E-state index is 12.2. The zero-order valence-corrected chi connectivity index (χ0v) is 23.6. The van der Waals surface area contributed by atoms with Crippen LogP contribution in [0.5, 0.6) is 0 Å². The molecular weight excluding hydrogens is 518 g/mol. The normalized spacial score (nSPS) is 16.1. The quantitative estimate of drug-likeness (QED) is 0.211. The third-order valence-corrected chi connectivity index (χ3v) is 6.31. The van der Waals surface area contributed by atoms with Crippen molar-refractivity contribution >= 4 is 34.6 Å². The maximum atomic E-state index is 12.2. The summed E-state index contributed by atoms with van der Waals surface area (Å²) < 4.78 is 13.5. The van der Waals surface area contributed by atoms with Crippen LogP contribution >= 0.6 is 11.6 Å². The van der Waals surface area contributed by atoms with Gasteiger partial charge in [-0.1, -0.05) is 60.8 Å². The molecule has 0 aliphatic carbocycles. The number of nitrogens with zero attached hydrogens (tertiary/aromatic N) is 3. The van der Waals surface area contributed by atoms with Gasteiger partial charge in [0.1, 0.15) is 29.5 Å². The Labute approximate surface area is 233 Å². The van der Waals surface area contributed by atoms with Gasteiger partial charge in [0.25, 0.3) is 0 Å². The number of fused-ring (bicyclic) bond motifs is 1. The van der Waals surface area contributed by atoms with Crippen molar-refractivity contribution < 1.29 is 24.2 Å². The highest BCUT2D eigenvalue weighted by molar-refractivity contribution is 6.33. The predicted molar refractivity (Wildman–Crippen MR) is 151 cm³/mol. The second-order valence-corrected chi connectivity index (χ2v) is 9.31. The minimum atomic E-state index is -0.875. The number of hydrogen-bond acceptors (Lipinski definition) is 6. The van der Waals surface area contributed by atoms with Gasteiger partial charge in [0.15, 0.2) is 0 Å². The van der Waals surface area contributed by atoms with Crippen LogP contribution in [0, 0.1) is 20.8 Å². The number of aromatic nitrogens is 3. The molecule has 2 unspecified atom stereocenters. The van der Waals surface area contributed by atoms with E-state index < -0.39 is 5.97 Å². The standard InChI is InChI=1S/C20H20ClN3O3.C8H8O2.C2H6/c1-12-3-5-14(6-4-12)20(25)26-11-15-7-8-17(27-15)24-10-9-16-18(21)22-13(2)23-19(16)24;1-6-2-4-7(5-3-6)8(9)10;1-2/h3-6,9-10,15,17H,7-8,11H2,1-2H3;2-5H,1H3,(H,9,10);1-2H3. The molecule has 0 bridgehead atoms. The molecule has 0 amide bonds. The molecule has 0 spiro atoms. The lowest BCUT2D eigenvalue weighted by Gasteiger charge is -2.16. The Morgan fingerprint density at radius 3 is 2.13 bits per heavy atom. The number of carboxylic acid groups (broad SMARTS) is 1. The summed E-state index contributed by atoms with van der Waals surface area (Å²) in [7, 11) is 0. The van der Waals surface area contributed by atoms with E-state index in [4.69, 9.17) is 26.2 Å². The maximum Gasteiger partial charge on any atom is 0.338 e. The summed E-state index contributed by atoms with van der Waals surface area (Å²) in [6.45, 7) is 9.94. The van der Waals surface area contributed by atoms with Crippen LogP contribution in [0.25, 0.3) is 11.0 Å². The van der Waals surface area contributed by atoms with E-state index in [0.717, 1.165) is 35.0 Å². The van der Waals surface area contributed by atoms with E-state index in [2.05, 4.69) is 9.97 Å². The Morgan fingerprint density at radius 2 is 1.54 bits per heavy atom. The minimum Gasteiger partial charge on any atom is -0.478 e. The van der Waals surface area contributed by atoms with Crippen LogP contribution in [0.15, 0.2) is 60.8 Å². The largest absolute Gasteiger partial charge is 0.478 e. The Kier molecular flexibility index (Phi) is 10.6. The van der Waals surface area contributed by atoms with Gasteiger partial charge in [0, 0.05) is 6.20 Å². The third kappa shape index (κ3) is 7.88. The van der Waals surface area contributed by atoms with Crippen molar-refractivity contribution in [2.45, 2.75) is 59.8 Å². The number of hydrogen-bond donors (Lipinski definition) is 1. The van der Waals surface area contributed by atoms with Gasteiger partial charge in [-0.2, -0.15) is 0 Å². The minimum absolute atomic E-state index is 0.139. The molecule has 0 radical (unpaired) electrons. The van der Waals surface area contributed by atoms with E-state index in [1.165, 1.54) is 0 Å². The lowest BCUT2D eigenvalue weighted by molar-refractivity contribution is -0.0307. The summed E-state index contributed by atoms with van der Waals surface area (Å²) in [4.78, 5) is 31.1. The molecule has 9 heteroatoms. The summed E-state index contributed by atoms with van der Waals surface area (Å²) in [6.07, 6.45) is 3.24. The van der Waals surface area contributed by atoms with Gasteiger partial charge in [-0.05, 0) is 63.9 Å². The molecule has 1 aliphatic heterocycles. The highest BCUT2D eigenvalue weighted by Gasteiger charge is 2.29. The van der Waals surface area contributed by atoms with Crippen molar-refractivity contribution in [2.24, 2.45) is 0 Å². The summed E-state index contributed by atoms with van der Waals surface area (Å²) in [6, 6.07) is 16.0. The number of esters is 1. The zero-order chi connectivity index (χ0) is 28.5. The van der Waals surface area contributed by atoms with Crippen LogP contribution in [0.2, 0.25) is 5.15 Å². The molecule has 1 aliphatic rings. The van der Waals surface area contributed by atoms with Crippen molar-refractivity contribution in [3.05, 3.63) is 94.0 Å². The van der Waals surface area contributed by atoms with Crippen LogP contribution < -0.4 is 0 Å². The number of aromatic carboxylic acids is 1. The first-order valence-electron chi connectivity index (χ1n) is 12.9. The first-order chi connectivity index (χ1) is 18.7. The van der Waals surface area contributed by atoms with Crippen LogP contribution in [0.3, 0.4) is 0 Å². The van der Waals surface area contributed by atoms with Gasteiger partial charge in [-0.3, -0.25) is 0 Å². The molecule has 2 atom stereocenters. The second kappa shape index (κ2) is 13.9. The first-order valence-corrected chi connectivity index (χ1v) is 13.3. The highest BCUT2D eigenvalue weighted by atomic mass is 35.5. The Bertz CT molecular complexity index is 1400. The molecule has 1 N–H and O–H groups in total. The number of benzene rings is 2. The molecule has 5 rings (SSSR count). The fraction of sp³-hybridized carbons (Fsp3) is 0.333. The van der Waals surface area contributed by atoms with E-state index >= 15 is 0 Å². The topological polar surface area (TPSA) is 104 Å². The van der Waals surface area contributed by atoms with E-state index in [9.17, 15) is 9.59 Å². The molecule has 2 aromatic carbocycles. The predicted octanol–water partition coefficient (Wildman–Crippen LogP) is 6.96. The van der Waals surface area contributed by atoms with Gasteiger partial charge in [0.05, 0.1) is 22.6 Å². The van der Waals surface area contributed by atoms with E-state index in [0.29, 0.717) is 22.1 Å². The van der Waals surface area contributed by atoms with Crippen molar-refractivity contribution in [1.29, 1.82) is 0 Å². The monoisotopic (exact) mass is 551 g/mol. The fourth-order valence-electron chi connectivity index (χ4n) is 3.98. The van der Waals surface area contributed by atoms with Crippen molar-refractivity contribution in [3.8, 4) is 0 Å². The molecule has 3 heterocycles. The molecule has 1 saturated heterocycles. The van der Waals surface area contributed by atoms with Gasteiger partial charge < -0.3 is 19.1 Å². The summed E-state index contributed by atoms with van der Waals surface area (Å²) >= 11 is 6.20. The van der Waals surface area contributed by atoms with Gasteiger partial charge in [-0.15, -0.1) is 0 Å². The number of halogens is 1. The molecule has 0 saturated carbocycles. The van der Waals surface area contributed by atoms with Crippen molar-refractivity contribution in [3.63, 3.8) is 0 Å². The average Bonchev–Trinajstić information content (AvgIpc) is 3.57. The molecule has 1 fully saturated rings. The summed E-state index contributed by atoms with van der Waals surface area (Å²) in [5, 5.41) is 9.72. The van der Waals surface area contributed by atoms with E-state index in [1.807, 2.05) is 63.6 Å². The molecular formula is C30H34ClN3O5. The highest BCUT2D eigenvalue weighted by Crippen LogP contribution is 2.32. The molecule has 8 nitrogen and oxygen atoms in total. The van der Waals surface area contributed by atoms with Crippen LogP contribution in [-0.2, 0) is 9.47 Å². The van der Waals surface area contributed by atoms with Gasteiger partial charge in [-0.25, -0.2) is 19.6 Å². The number of ether oxygens (including phenoxy) is 2. The van der Waals surface area contributed by atoms with Gasteiger partial charge >= 0.3 is 11.9 Å². The van der Waals surface area contributed by atoms with E-state index in [1.54, 1.807) is 36.4 Å².